The van der Waals surface area contributed by atoms with Crippen molar-refractivity contribution in [2.45, 2.75) is 63.6 Å². The molecule has 4 nitrogen and oxygen atoms in total. The van der Waals surface area contributed by atoms with Crippen molar-refractivity contribution < 1.29 is 4.79 Å². The molecule has 2 fully saturated rings. The van der Waals surface area contributed by atoms with E-state index in [-0.39, 0.29) is 5.91 Å². The molecule has 1 amide bonds. The lowest BCUT2D eigenvalue weighted by atomic mass is 9.78. The van der Waals surface area contributed by atoms with Gasteiger partial charge in [0.1, 0.15) is 0 Å². The minimum Gasteiger partial charge on any atom is -0.368 e. The van der Waals surface area contributed by atoms with E-state index < -0.39 is 5.54 Å². The quantitative estimate of drug-likeness (QED) is 0.750. The summed E-state index contributed by atoms with van der Waals surface area (Å²) >= 11 is 0. The monoisotopic (exact) mass is 239 g/mol. The van der Waals surface area contributed by atoms with Crippen molar-refractivity contribution in [3.63, 3.8) is 0 Å². The smallest absolute Gasteiger partial charge is 0.237 e. The maximum atomic E-state index is 11.5. The number of carbonyl (C=O) groups excluding carboxylic acids is 1. The number of carbonyl (C=O) groups is 1. The second-order valence-corrected chi connectivity index (χ2v) is 6.16. The molecular formula is C13H25N3O. The summed E-state index contributed by atoms with van der Waals surface area (Å²) in [5, 5.41) is 0. The summed E-state index contributed by atoms with van der Waals surface area (Å²) in [7, 11) is 0. The van der Waals surface area contributed by atoms with E-state index in [0.29, 0.717) is 12.1 Å². The summed E-state index contributed by atoms with van der Waals surface area (Å²) in [5.41, 5.74) is 10.8. The normalized spacial score (nSPS) is 43.8. The number of likely N-dealkylation sites (tertiary alicyclic amines) is 1. The predicted octanol–water partition coefficient (Wildman–Crippen LogP) is 0.842. The van der Waals surface area contributed by atoms with Crippen LogP contribution in [-0.4, -0.2) is 35.0 Å². The molecule has 0 bridgehead atoms. The largest absolute Gasteiger partial charge is 0.368 e. The average Bonchev–Trinajstić information content (AvgIpc) is 2.58. The van der Waals surface area contributed by atoms with Crippen LogP contribution < -0.4 is 11.5 Å². The van der Waals surface area contributed by atoms with E-state index in [1.807, 2.05) is 0 Å². The first-order chi connectivity index (χ1) is 7.92. The van der Waals surface area contributed by atoms with Gasteiger partial charge in [0.05, 0.1) is 5.54 Å². The van der Waals surface area contributed by atoms with Crippen LogP contribution in [0, 0.1) is 5.92 Å². The molecule has 4 atom stereocenters. The Bertz CT molecular complexity index is 307. The SMILES string of the molecule is CC1CC(C)N(C2CCCC(N)(C(N)=O)C2)C1. The Kier molecular flexibility index (Phi) is 3.46. The Morgan fingerprint density at radius 1 is 1.41 bits per heavy atom. The van der Waals surface area contributed by atoms with E-state index in [9.17, 15) is 4.79 Å². The first kappa shape index (κ1) is 12.8. The van der Waals surface area contributed by atoms with E-state index in [1.54, 1.807) is 0 Å². The number of hydrogen-bond acceptors (Lipinski definition) is 3. The minimum atomic E-state index is -0.769. The number of nitrogens with zero attached hydrogens (tertiary/aromatic N) is 1. The van der Waals surface area contributed by atoms with Gasteiger partial charge in [0.15, 0.2) is 0 Å². The molecule has 2 rings (SSSR count). The topological polar surface area (TPSA) is 72.3 Å². The maximum Gasteiger partial charge on any atom is 0.237 e. The third kappa shape index (κ3) is 2.47. The summed E-state index contributed by atoms with van der Waals surface area (Å²) in [5.74, 6) is 0.426. The highest BCUT2D eigenvalue weighted by Crippen LogP contribution is 2.34. The molecule has 2 aliphatic rings. The second kappa shape index (κ2) is 4.58. The summed E-state index contributed by atoms with van der Waals surface area (Å²) in [6, 6.07) is 1.06. The Labute approximate surface area is 104 Å². The number of rotatable bonds is 2. The van der Waals surface area contributed by atoms with Crippen LogP contribution in [-0.2, 0) is 4.79 Å². The van der Waals surface area contributed by atoms with Crippen molar-refractivity contribution in [2.24, 2.45) is 17.4 Å². The lowest BCUT2D eigenvalue weighted by Crippen LogP contribution is -2.58. The maximum absolute atomic E-state index is 11.5. The van der Waals surface area contributed by atoms with Crippen LogP contribution in [0.3, 0.4) is 0 Å². The Morgan fingerprint density at radius 2 is 2.12 bits per heavy atom. The van der Waals surface area contributed by atoms with Crippen molar-refractivity contribution in [3.8, 4) is 0 Å². The molecule has 1 aliphatic carbocycles. The molecule has 0 aromatic heterocycles. The second-order valence-electron chi connectivity index (χ2n) is 6.16. The van der Waals surface area contributed by atoms with Gasteiger partial charge in [-0.05, 0) is 44.9 Å². The van der Waals surface area contributed by atoms with Crippen LogP contribution in [0.1, 0.15) is 46.0 Å². The number of nitrogens with two attached hydrogens (primary N) is 2. The summed E-state index contributed by atoms with van der Waals surface area (Å²) in [6.45, 7) is 5.71. The van der Waals surface area contributed by atoms with Gasteiger partial charge in [-0.3, -0.25) is 9.69 Å². The molecule has 4 N–H and O–H groups in total. The molecule has 4 unspecified atom stereocenters. The fourth-order valence-corrected chi connectivity index (χ4v) is 3.63. The van der Waals surface area contributed by atoms with Crippen LogP contribution in [0.4, 0.5) is 0 Å². The fourth-order valence-electron chi connectivity index (χ4n) is 3.63. The van der Waals surface area contributed by atoms with Crippen LogP contribution >= 0.6 is 0 Å². The molecule has 1 aliphatic heterocycles. The molecule has 4 heteroatoms. The van der Waals surface area contributed by atoms with Gasteiger partial charge in [0.25, 0.3) is 0 Å². The van der Waals surface area contributed by atoms with Gasteiger partial charge in [-0.1, -0.05) is 6.92 Å². The van der Waals surface area contributed by atoms with Gasteiger partial charge < -0.3 is 11.5 Å². The van der Waals surface area contributed by atoms with Crippen molar-refractivity contribution in [3.05, 3.63) is 0 Å². The van der Waals surface area contributed by atoms with E-state index in [1.165, 1.54) is 6.42 Å². The van der Waals surface area contributed by atoms with Crippen molar-refractivity contribution in [1.29, 1.82) is 0 Å². The highest BCUT2D eigenvalue weighted by atomic mass is 16.1. The third-order valence-corrected chi connectivity index (χ3v) is 4.55. The first-order valence-electron chi connectivity index (χ1n) is 6.77. The van der Waals surface area contributed by atoms with Gasteiger partial charge in [-0.15, -0.1) is 0 Å². The number of amides is 1. The number of primary amides is 1. The van der Waals surface area contributed by atoms with Crippen LogP contribution in [0.2, 0.25) is 0 Å². The van der Waals surface area contributed by atoms with Gasteiger partial charge >= 0.3 is 0 Å². The Balaban J connectivity index is 2.05. The predicted molar refractivity (Wildman–Crippen MR) is 68.3 cm³/mol. The lowest BCUT2D eigenvalue weighted by Gasteiger charge is -2.41. The van der Waals surface area contributed by atoms with E-state index in [0.717, 1.165) is 38.1 Å². The van der Waals surface area contributed by atoms with Gasteiger partial charge in [0, 0.05) is 18.6 Å². The first-order valence-corrected chi connectivity index (χ1v) is 6.77. The standard InChI is InChI=1S/C13H25N3O/c1-9-6-10(2)16(8-9)11-4-3-5-13(15,7-11)12(14)17/h9-11H,3-8,15H2,1-2H3,(H2,14,17). The molecule has 0 aromatic rings. The van der Waals surface area contributed by atoms with E-state index >= 15 is 0 Å². The fraction of sp³-hybridized carbons (Fsp3) is 0.923. The molecule has 0 spiro atoms. The molecule has 1 saturated heterocycles. The lowest BCUT2D eigenvalue weighted by molar-refractivity contribution is -0.125. The zero-order valence-electron chi connectivity index (χ0n) is 11.0. The van der Waals surface area contributed by atoms with Gasteiger partial charge in [0.2, 0.25) is 5.91 Å². The minimum absolute atomic E-state index is 0.331. The van der Waals surface area contributed by atoms with Gasteiger partial charge in [-0.25, -0.2) is 0 Å². The molecule has 1 heterocycles. The zero-order valence-corrected chi connectivity index (χ0v) is 11.0. The van der Waals surface area contributed by atoms with Crippen LogP contribution in [0.5, 0.6) is 0 Å². The van der Waals surface area contributed by atoms with Crippen molar-refractivity contribution >= 4 is 5.91 Å². The van der Waals surface area contributed by atoms with E-state index in [2.05, 4.69) is 18.7 Å². The average molecular weight is 239 g/mol. The van der Waals surface area contributed by atoms with Crippen molar-refractivity contribution in [1.82, 2.24) is 4.90 Å². The number of hydrogen-bond donors (Lipinski definition) is 2. The molecule has 1 saturated carbocycles. The molecule has 17 heavy (non-hydrogen) atoms. The Morgan fingerprint density at radius 3 is 2.65 bits per heavy atom. The van der Waals surface area contributed by atoms with Crippen LogP contribution in [0.15, 0.2) is 0 Å². The third-order valence-electron chi connectivity index (χ3n) is 4.55. The molecule has 0 aromatic carbocycles. The zero-order chi connectivity index (χ0) is 12.6. The van der Waals surface area contributed by atoms with Gasteiger partial charge in [-0.2, -0.15) is 0 Å². The Hall–Kier alpha value is -0.610. The summed E-state index contributed by atoms with van der Waals surface area (Å²) in [4.78, 5) is 14.0. The molecule has 98 valence electrons. The highest BCUT2D eigenvalue weighted by molar-refractivity contribution is 5.84. The van der Waals surface area contributed by atoms with Crippen molar-refractivity contribution in [2.75, 3.05) is 6.54 Å². The summed E-state index contributed by atoms with van der Waals surface area (Å²) in [6.07, 6.45) is 4.91. The van der Waals surface area contributed by atoms with Crippen LogP contribution in [0.25, 0.3) is 0 Å². The summed E-state index contributed by atoms with van der Waals surface area (Å²) < 4.78 is 0. The highest BCUT2D eigenvalue weighted by Gasteiger charge is 2.42. The van der Waals surface area contributed by atoms with E-state index in [4.69, 9.17) is 11.5 Å². The molecular weight excluding hydrogens is 214 g/mol. The molecule has 0 radical (unpaired) electrons.